The number of halogens is 2. The molecule has 0 aromatic carbocycles. The predicted molar refractivity (Wildman–Crippen MR) is 100 cm³/mol. The van der Waals surface area contributed by atoms with Gasteiger partial charge in [-0.3, -0.25) is 0 Å². The van der Waals surface area contributed by atoms with Gasteiger partial charge in [0.25, 0.3) is 0 Å². The van der Waals surface area contributed by atoms with Crippen LogP contribution in [0.25, 0.3) is 0 Å². The maximum absolute atomic E-state index is 13.3. The molecule has 4 rings (SSSR count). The number of pyridine rings is 1. The first-order valence-electron chi connectivity index (χ1n) is 9.15. The molecule has 1 fully saturated rings. The van der Waals surface area contributed by atoms with Crippen LogP contribution in [-0.4, -0.2) is 32.9 Å². The third kappa shape index (κ3) is 4.17. The Balaban J connectivity index is 1.40. The molecule has 1 aliphatic carbocycles. The molecule has 1 aliphatic heterocycles. The van der Waals surface area contributed by atoms with Gasteiger partial charge in [0.05, 0.1) is 24.1 Å². The van der Waals surface area contributed by atoms with Crippen molar-refractivity contribution in [3.05, 3.63) is 36.3 Å². The van der Waals surface area contributed by atoms with Crippen molar-refractivity contribution in [2.75, 3.05) is 11.9 Å². The fourth-order valence-electron chi connectivity index (χ4n) is 3.39. The zero-order valence-corrected chi connectivity index (χ0v) is 15.8. The van der Waals surface area contributed by atoms with Crippen LogP contribution >= 0.6 is 11.8 Å². The summed E-state index contributed by atoms with van der Waals surface area (Å²) < 4.78 is 32.2. The average molecular weight is 403 g/mol. The summed E-state index contributed by atoms with van der Waals surface area (Å²) in [6.45, 7) is 0.308. The SMILES string of the molecule is N#CC(c1ccnc(OCC2CCC(F)(F)CC2)n1)C1Nc2cccnc2S1. The van der Waals surface area contributed by atoms with Crippen LogP contribution in [0.3, 0.4) is 0 Å². The number of nitrogens with one attached hydrogen (secondary N) is 1. The van der Waals surface area contributed by atoms with Gasteiger partial charge in [0.1, 0.15) is 16.3 Å². The third-order valence-corrected chi connectivity index (χ3v) is 6.20. The molecular weight excluding hydrogens is 384 g/mol. The lowest BCUT2D eigenvalue weighted by atomic mass is 9.87. The molecule has 6 nitrogen and oxygen atoms in total. The fourth-order valence-corrected chi connectivity index (χ4v) is 4.53. The standard InChI is InChI=1S/C19H19F2N5OS/c20-19(21)6-3-12(4-7-19)11-27-18-24-9-5-14(26-18)13(10-22)16-25-15-2-1-8-23-17(15)28-16/h1-2,5,8-9,12-13,16,25H,3-4,6-7,11H2. The highest BCUT2D eigenvalue weighted by Crippen LogP contribution is 2.42. The molecule has 0 spiro atoms. The van der Waals surface area contributed by atoms with E-state index in [-0.39, 0.29) is 30.1 Å². The number of alkyl halides is 2. The lowest BCUT2D eigenvalue weighted by molar-refractivity contribution is -0.0501. The summed E-state index contributed by atoms with van der Waals surface area (Å²) in [6, 6.07) is 7.93. The van der Waals surface area contributed by atoms with Crippen molar-refractivity contribution in [2.45, 2.75) is 47.9 Å². The van der Waals surface area contributed by atoms with Crippen molar-refractivity contribution >= 4 is 17.4 Å². The first kappa shape index (κ1) is 18.9. The Hall–Kier alpha value is -2.47. The van der Waals surface area contributed by atoms with E-state index in [0.29, 0.717) is 25.1 Å². The molecular formula is C19H19F2N5OS. The second-order valence-electron chi connectivity index (χ2n) is 7.02. The number of nitriles is 1. The van der Waals surface area contributed by atoms with E-state index in [1.54, 1.807) is 18.5 Å². The first-order valence-corrected chi connectivity index (χ1v) is 10.0. The summed E-state index contributed by atoms with van der Waals surface area (Å²) in [7, 11) is 0. The van der Waals surface area contributed by atoms with Crippen LogP contribution in [0.5, 0.6) is 6.01 Å². The van der Waals surface area contributed by atoms with Gasteiger partial charge >= 0.3 is 6.01 Å². The van der Waals surface area contributed by atoms with Gasteiger partial charge in [-0.05, 0) is 37.0 Å². The summed E-state index contributed by atoms with van der Waals surface area (Å²) in [5.74, 6) is -2.99. The van der Waals surface area contributed by atoms with Crippen LogP contribution in [-0.2, 0) is 0 Å². The molecule has 146 valence electrons. The second-order valence-corrected chi connectivity index (χ2v) is 8.15. The molecule has 1 N–H and O–H groups in total. The highest BCUT2D eigenvalue weighted by molar-refractivity contribution is 8.00. The molecule has 0 bridgehead atoms. The Morgan fingerprint density at radius 3 is 2.86 bits per heavy atom. The van der Waals surface area contributed by atoms with Gasteiger partial charge in [-0.2, -0.15) is 10.2 Å². The lowest BCUT2D eigenvalue weighted by Gasteiger charge is -2.27. The number of fused-ring (bicyclic) bond motifs is 1. The molecule has 0 saturated heterocycles. The van der Waals surface area contributed by atoms with Crippen LogP contribution in [0.4, 0.5) is 14.5 Å². The zero-order valence-electron chi connectivity index (χ0n) is 15.0. The Morgan fingerprint density at radius 1 is 1.29 bits per heavy atom. The topological polar surface area (TPSA) is 83.7 Å². The Morgan fingerprint density at radius 2 is 2.11 bits per heavy atom. The lowest BCUT2D eigenvalue weighted by Crippen LogP contribution is -2.27. The molecule has 9 heteroatoms. The Labute approximate surface area is 165 Å². The van der Waals surface area contributed by atoms with Gasteiger partial charge in [0, 0.05) is 25.2 Å². The van der Waals surface area contributed by atoms with Gasteiger partial charge in [-0.25, -0.2) is 18.7 Å². The number of thioether (sulfide) groups is 1. The van der Waals surface area contributed by atoms with Gasteiger partial charge in [-0.1, -0.05) is 11.8 Å². The maximum atomic E-state index is 13.3. The normalized spacial score (nSPS) is 22.0. The van der Waals surface area contributed by atoms with E-state index >= 15 is 0 Å². The molecule has 2 unspecified atom stereocenters. The number of nitrogens with zero attached hydrogens (tertiary/aromatic N) is 4. The maximum Gasteiger partial charge on any atom is 0.316 e. The van der Waals surface area contributed by atoms with Gasteiger partial charge < -0.3 is 10.1 Å². The van der Waals surface area contributed by atoms with Crippen LogP contribution in [0.2, 0.25) is 0 Å². The Kier molecular flexibility index (Phi) is 5.31. The van der Waals surface area contributed by atoms with E-state index in [2.05, 4.69) is 26.3 Å². The highest BCUT2D eigenvalue weighted by atomic mass is 32.2. The van der Waals surface area contributed by atoms with Crippen molar-refractivity contribution in [1.29, 1.82) is 5.26 Å². The number of ether oxygens (including phenoxy) is 1. The smallest absolute Gasteiger partial charge is 0.316 e. The second kappa shape index (κ2) is 7.87. The number of aromatic nitrogens is 3. The molecule has 1 saturated carbocycles. The van der Waals surface area contributed by atoms with E-state index in [1.807, 2.05) is 12.1 Å². The van der Waals surface area contributed by atoms with Crippen molar-refractivity contribution in [1.82, 2.24) is 15.0 Å². The minimum Gasteiger partial charge on any atom is -0.463 e. The third-order valence-electron chi connectivity index (χ3n) is 5.01. The highest BCUT2D eigenvalue weighted by Gasteiger charge is 2.35. The summed E-state index contributed by atoms with van der Waals surface area (Å²) in [4.78, 5) is 12.8. The summed E-state index contributed by atoms with van der Waals surface area (Å²) >= 11 is 1.49. The van der Waals surface area contributed by atoms with Crippen LogP contribution in [0.1, 0.15) is 37.3 Å². The minimum absolute atomic E-state index is 0.0753. The van der Waals surface area contributed by atoms with Crippen LogP contribution in [0.15, 0.2) is 35.6 Å². The van der Waals surface area contributed by atoms with Gasteiger partial charge in [0.2, 0.25) is 5.92 Å². The number of hydrogen-bond acceptors (Lipinski definition) is 7. The van der Waals surface area contributed by atoms with Crippen molar-refractivity contribution in [2.24, 2.45) is 5.92 Å². The molecule has 2 atom stereocenters. The number of hydrogen-bond donors (Lipinski definition) is 1. The fraction of sp³-hybridized carbons (Fsp3) is 0.474. The largest absolute Gasteiger partial charge is 0.463 e. The number of anilines is 1. The van der Waals surface area contributed by atoms with E-state index < -0.39 is 11.8 Å². The average Bonchev–Trinajstić information content (AvgIpc) is 3.12. The van der Waals surface area contributed by atoms with Crippen molar-refractivity contribution in [3.8, 4) is 12.1 Å². The van der Waals surface area contributed by atoms with E-state index in [0.717, 1.165) is 10.7 Å². The minimum atomic E-state index is -2.55. The van der Waals surface area contributed by atoms with Crippen LogP contribution in [0, 0.1) is 17.2 Å². The van der Waals surface area contributed by atoms with E-state index in [9.17, 15) is 14.0 Å². The molecule has 0 amide bonds. The molecule has 2 aromatic rings. The van der Waals surface area contributed by atoms with Gasteiger partial charge in [0.15, 0.2) is 0 Å². The molecule has 2 aromatic heterocycles. The van der Waals surface area contributed by atoms with E-state index in [4.69, 9.17) is 4.74 Å². The molecule has 0 radical (unpaired) electrons. The molecule has 28 heavy (non-hydrogen) atoms. The Bertz CT molecular complexity index is 856. The van der Waals surface area contributed by atoms with Crippen molar-refractivity contribution in [3.63, 3.8) is 0 Å². The summed E-state index contributed by atoms with van der Waals surface area (Å²) in [5.41, 5.74) is 1.46. The van der Waals surface area contributed by atoms with Gasteiger partial charge in [-0.15, -0.1) is 0 Å². The molecule has 2 aliphatic rings. The zero-order chi connectivity index (χ0) is 19.6. The molecule has 3 heterocycles. The number of rotatable bonds is 5. The first-order chi connectivity index (χ1) is 13.5. The predicted octanol–water partition coefficient (Wildman–Crippen LogP) is 4.23. The summed E-state index contributed by atoms with van der Waals surface area (Å²) in [6.07, 6.45) is 3.94. The van der Waals surface area contributed by atoms with E-state index in [1.165, 1.54) is 11.8 Å². The van der Waals surface area contributed by atoms with Crippen LogP contribution < -0.4 is 10.1 Å². The monoisotopic (exact) mass is 403 g/mol. The summed E-state index contributed by atoms with van der Waals surface area (Å²) in [5, 5.41) is 13.6. The van der Waals surface area contributed by atoms with Crippen molar-refractivity contribution < 1.29 is 13.5 Å². The quantitative estimate of drug-likeness (QED) is 0.800.